The number of hydrogen-bond acceptors (Lipinski definition) is 3. The van der Waals surface area contributed by atoms with Crippen LogP contribution in [-0.2, 0) is 22.6 Å². The van der Waals surface area contributed by atoms with Crippen LogP contribution in [0.4, 0.5) is 0 Å². The van der Waals surface area contributed by atoms with E-state index in [1.807, 2.05) is 0 Å². The van der Waals surface area contributed by atoms with Crippen LogP contribution in [0.5, 0.6) is 0 Å². The van der Waals surface area contributed by atoms with Gasteiger partial charge in [0.25, 0.3) is 0 Å². The molecule has 1 rings (SSSR count). The van der Waals surface area contributed by atoms with E-state index in [9.17, 15) is 8.42 Å². The zero-order chi connectivity index (χ0) is 10.6. The second kappa shape index (κ2) is 4.41. The van der Waals surface area contributed by atoms with Crippen molar-refractivity contribution in [3.63, 3.8) is 0 Å². The van der Waals surface area contributed by atoms with E-state index in [4.69, 9.17) is 0 Å². The van der Waals surface area contributed by atoms with Gasteiger partial charge < -0.3 is 0 Å². The van der Waals surface area contributed by atoms with Crippen LogP contribution in [0.25, 0.3) is 0 Å². The maximum absolute atomic E-state index is 11.5. The number of sulfone groups is 1. The molecule has 0 aliphatic rings. The standard InChI is InChI=1S/C9H14N2O2S/c1-3-4-7-14(12,13)8-9-5-6-10-11(9)2/h3-6H,7-8H2,1-2H3. The molecule has 14 heavy (non-hydrogen) atoms. The Balaban J connectivity index is 2.74. The molecule has 0 atom stereocenters. The second-order valence-corrected chi connectivity index (χ2v) is 5.18. The summed E-state index contributed by atoms with van der Waals surface area (Å²) in [4.78, 5) is 0. The molecule has 4 nitrogen and oxygen atoms in total. The first-order valence-corrected chi connectivity index (χ1v) is 6.16. The fourth-order valence-electron chi connectivity index (χ4n) is 1.07. The summed E-state index contributed by atoms with van der Waals surface area (Å²) in [5.41, 5.74) is 0.717. The van der Waals surface area contributed by atoms with Gasteiger partial charge in [-0.3, -0.25) is 4.68 Å². The van der Waals surface area contributed by atoms with Crippen LogP contribution in [0.2, 0.25) is 0 Å². The Morgan fingerprint density at radius 3 is 2.79 bits per heavy atom. The van der Waals surface area contributed by atoms with E-state index in [0.717, 1.165) is 5.69 Å². The molecule has 0 fully saturated rings. The predicted molar refractivity (Wildman–Crippen MR) is 55.5 cm³/mol. The maximum Gasteiger partial charge on any atom is 0.159 e. The first-order valence-electron chi connectivity index (χ1n) is 4.33. The predicted octanol–water partition coefficient (Wildman–Crippen LogP) is 0.911. The molecule has 0 radical (unpaired) electrons. The molecule has 0 bridgehead atoms. The molecule has 0 aliphatic heterocycles. The minimum absolute atomic E-state index is 0.0494. The SMILES string of the molecule is CC=CCS(=O)(=O)Cc1ccnn1C. The number of allylic oxidation sites excluding steroid dienone is 1. The first-order chi connectivity index (χ1) is 6.55. The minimum atomic E-state index is -3.04. The second-order valence-electron chi connectivity index (χ2n) is 3.07. The fraction of sp³-hybridized carbons (Fsp3) is 0.444. The quantitative estimate of drug-likeness (QED) is 0.700. The first kappa shape index (κ1) is 11.0. The van der Waals surface area contributed by atoms with Crippen LogP contribution in [0.3, 0.4) is 0 Å². The average molecular weight is 214 g/mol. The average Bonchev–Trinajstić information content (AvgIpc) is 2.48. The number of hydrogen-bond donors (Lipinski definition) is 0. The number of aromatic nitrogens is 2. The van der Waals surface area contributed by atoms with Crippen molar-refractivity contribution in [2.45, 2.75) is 12.7 Å². The van der Waals surface area contributed by atoms with E-state index in [0.29, 0.717) is 0 Å². The van der Waals surface area contributed by atoms with Crippen molar-refractivity contribution in [1.82, 2.24) is 9.78 Å². The van der Waals surface area contributed by atoms with Crippen molar-refractivity contribution >= 4 is 9.84 Å². The molecule has 1 heterocycles. The van der Waals surface area contributed by atoms with Gasteiger partial charge in [0.1, 0.15) is 0 Å². The van der Waals surface area contributed by atoms with Gasteiger partial charge in [0.05, 0.1) is 17.2 Å². The number of aryl methyl sites for hydroxylation is 1. The molecule has 0 unspecified atom stereocenters. The Bertz CT molecular complexity index is 418. The Hall–Kier alpha value is -1.10. The Kier molecular flexibility index (Phi) is 3.46. The van der Waals surface area contributed by atoms with Gasteiger partial charge in [-0.05, 0) is 13.0 Å². The lowest BCUT2D eigenvalue weighted by Crippen LogP contribution is -2.10. The van der Waals surface area contributed by atoms with Crippen molar-refractivity contribution in [2.24, 2.45) is 7.05 Å². The molecule has 5 heteroatoms. The number of rotatable bonds is 4. The Morgan fingerprint density at radius 2 is 2.29 bits per heavy atom. The van der Waals surface area contributed by atoms with Gasteiger partial charge in [0.2, 0.25) is 0 Å². The highest BCUT2D eigenvalue weighted by atomic mass is 32.2. The maximum atomic E-state index is 11.5. The summed E-state index contributed by atoms with van der Waals surface area (Å²) in [5, 5.41) is 3.92. The van der Waals surface area contributed by atoms with Gasteiger partial charge in [-0.2, -0.15) is 5.10 Å². The molecule has 0 spiro atoms. The summed E-state index contributed by atoms with van der Waals surface area (Å²) in [6.07, 6.45) is 4.98. The lowest BCUT2D eigenvalue weighted by atomic mass is 10.5. The van der Waals surface area contributed by atoms with E-state index in [-0.39, 0.29) is 11.5 Å². The van der Waals surface area contributed by atoms with Crippen LogP contribution in [0, 0.1) is 0 Å². The van der Waals surface area contributed by atoms with Crippen molar-refractivity contribution in [3.05, 3.63) is 30.1 Å². The molecule has 1 aromatic rings. The van der Waals surface area contributed by atoms with Crippen molar-refractivity contribution < 1.29 is 8.42 Å². The van der Waals surface area contributed by atoms with Crippen LogP contribution >= 0.6 is 0 Å². The summed E-state index contributed by atoms with van der Waals surface area (Å²) >= 11 is 0. The topological polar surface area (TPSA) is 52.0 Å². The van der Waals surface area contributed by atoms with Gasteiger partial charge in [-0.25, -0.2) is 8.42 Å². The zero-order valence-electron chi connectivity index (χ0n) is 8.34. The third-order valence-electron chi connectivity index (χ3n) is 1.88. The third kappa shape index (κ3) is 2.99. The van der Waals surface area contributed by atoms with Crippen molar-refractivity contribution in [3.8, 4) is 0 Å². The minimum Gasteiger partial charge on any atom is -0.272 e. The van der Waals surface area contributed by atoms with Crippen LogP contribution in [0.1, 0.15) is 12.6 Å². The monoisotopic (exact) mass is 214 g/mol. The highest BCUT2D eigenvalue weighted by Crippen LogP contribution is 2.05. The van der Waals surface area contributed by atoms with Gasteiger partial charge in [-0.1, -0.05) is 12.2 Å². The summed E-state index contributed by atoms with van der Waals surface area (Å²) in [6, 6.07) is 1.72. The molecule has 78 valence electrons. The van der Waals surface area contributed by atoms with E-state index in [2.05, 4.69) is 5.10 Å². The van der Waals surface area contributed by atoms with E-state index < -0.39 is 9.84 Å². The Labute approximate surface area is 84.2 Å². The van der Waals surface area contributed by atoms with Gasteiger partial charge in [0.15, 0.2) is 9.84 Å². The molecular weight excluding hydrogens is 200 g/mol. The van der Waals surface area contributed by atoms with Crippen molar-refractivity contribution in [1.29, 1.82) is 0 Å². The molecule has 1 aromatic heterocycles. The van der Waals surface area contributed by atoms with Gasteiger partial charge >= 0.3 is 0 Å². The van der Waals surface area contributed by atoms with Crippen LogP contribution in [0.15, 0.2) is 24.4 Å². The zero-order valence-corrected chi connectivity index (χ0v) is 9.16. The third-order valence-corrected chi connectivity index (χ3v) is 3.31. The molecule has 0 amide bonds. The van der Waals surface area contributed by atoms with E-state index >= 15 is 0 Å². The van der Waals surface area contributed by atoms with Gasteiger partial charge in [0, 0.05) is 13.2 Å². The summed E-state index contributed by atoms with van der Waals surface area (Å²) in [7, 11) is -1.30. The molecule has 0 aromatic carbocycles. The summed E-state index contributed by atoms with van der Waals surface area (Å²) < 4.78 is 24.6. The van der Waals surface area contributed by atoms with Gasteiger partial charge in [-0.15, -0.1) is 0 Å². The van der Waals surface area contributed by atoms with E-state index in [1.165, 1.54) is 0 Å². The number of nitrogens with zero attached hydrogens (tertiary/aromatic N) is 2. The molecule has 0 saturated carbocycles. The van der Waals surface area contributed by atoms with Crippen LogP contribution in [-0.4, -0.2) is 24.0 Å². The molecule has 0 saturated heterocycles. The molecule has 0 N–H and O–H groups in total. The highest BCUT2D eigenvalue weighted by Gasteiger charge is 2.11. The van der Waals surface area contributed by atoms with Crippen molar-refractivity contribution in [2.75, 3.05) is 5.75 Å². The molecule has 0 aliphatic carbocycles. The highest BCUT2D eigenvalue weighted by molar-refractivity contribution is 7.90. The Morgan fingerprint density at radius 1 is 1.57 bits per heavy atom. The normalized spacial score (nSPS) is 12.4. The molecular formula is C9H14N2O2S. The lowest BCUT2D eigenvalue weighted by Gasteiger charge is -2.01. The largest absolute Gasteiger partial charge is 0.272 e. The summed E-state index contributed by atoms with van der Waals surface area (Å²) in [5.74, 6) is 0.141. The summed E-state index contributed by atoms with van der Waals surface area (Å²) in [6.45, 7) is 1.81. The fourth-order valence-corrected chi connectivity index (χ4v) is 2.41. The lowest BCUT2D eigenvalue weighted by molar-refractivity contribution is 0.594. The smallest absolute Gasteiger partial charge is 0.159 e. The van der Waals surface area contributed by atoms with Crippen LogP contribution < -0.4 is 0 Å². The van der Waals surface area contributed by atoms with E-state index in [1.54, 1.807) is 43.1 Å².